The Kier molecular flexibility index (Phi) is 10.1. The predicted octanol–water partition coefficient (Wildman–Crippen LogP) is 3.67. The third-order valence-electron chi connectivity index (χ3n) is 5.40. The number of aliphatic carboxylic acids is 2. The fraction of sp³-hybridized carbons (Fsp3) is 0.346. The summed E-state index contributed by atoms with van der Waals surface area (Å²) in [5, 5.41) is 21.8. The maximum absolute atomic E-state index is 13.6. The maximum atomic E-state index is 13.6. The van der Waals surface area contributed by atoms with E-state index < -0.39 is 48.2 Å². The first-order valence-electron chi connectivity index (χ1n) is 11.3. The van der Waals surface area contributed by atoms with Gasteiger partial charge in [-0.25, -0.2) is 19.3 Å². The molecular formula is C26H30N2O8. The van der Waals surface area contributed by atoms with E-state index in [1.165, 1.54) is 31.4 Å². The van der Waals surface area contributed by atoms with Crippen LogP contribution >= 0.6 is 0 Å². The van der Waals surface area contributed by atoms with Gasteiger partial charge in [-0.15, -0.1) is 0 Å². The summed E-state index contributed by atoms with van der Waals surface area (Å²) < 4.78 is 4.64. The number of carboxylic acids is 2. The van der Waals surface area contributed by atoms with Gasteiger partial charge < -0.3 is 20.3 Å². The molecule has 0 saturated heterocycles. The molecule has 0 aliphatic rings. The van der Waals surface area contributed by atoms with Crippen LogP contribution in [-0.2, 0) is 25.5 Å². The number of imide groups is 1. The zero-order chi connectivity index (χ0) is 26.8. The third kappa shape index (κ3) is 7.93. The van der Waals surface area contributed by atoms with Crippen LogP contribution in [0, 0.1) is 11.8 Å². The van der Waals surface area contributed by atoms with Crippen molar-refractivity contribution in [3.8, 4) is 0 Å². The van der Waals surface area contributed by atoms with Gasteiger partial charge in [0.15, 0.2) is 0 Å². The van der Waals surface area contributed by atoms with Gasteiger partial charge in [0.2, 0.25) is 5.91 Å². The number of carbonyl (C=O) groups excluding carboxylic acids is 3. The summed E-state index contributed by atoms with van der Waals surface area (Å²) >= 11 is 0. The van der Waals surface area contributed by atoms with Crippen molar-refractivity contribution in [1.82, 2.24) is 4.90 Å². The van der Waals surface area contributed by atoms with Crippen molar-refractivity contribution in [2.75, 3.05) is 12.4 Å². The van der Waals surface area contributed by atoms with Crippen LogP contribution in [0.25, 0.3) is 0 Å². The molecule has 0 aliphatic heterocycles. The molecule has 2 atom stereocenters. The molecule has 192 valence electrons. The number of esters is 1. The van der Waals surface area contributed by atoms with Crippen LogP contribution in [0.5, 0.6) is 0 Å². The number of carbonyl (C=O) groups is 5. The minimum atomic E-state index is -1.51. The van der Waals surface area contributed by atoms with Crippen LogP contribution in [0.15, 0.2) is 54.6 Å². The number of hydrogen-bond donors (Lipinski definition) is 3. The van der Waals surface area contributed by atoms with Crippen molar-refractivity contribution in [3.05, 3.63) is 65.7 Å². The summed E-state index contributed by atoms with van der Waals surface area (Å²) in [6, 6.07) is 11.8. The van der Waals surface area contributed by atoms with Gasteiger partial charge >= 0.3 is 23.9 Å². The van der Waals surface area contributed by atoms with E-state index in [-0.39, 0.29) is 30.0 Å². The number of benzene rings is 2. The number of ether oxygens (including phenoxy) is 1. The van der Waals surface area contributed by atoms with Crippen LogP contribution < -0.4 is 5.32 Å². The highest BCUT2D eigenvalue weighted by atomic mass is 16.5. The van der Waals surface area contributed by atoms with E-state index >= 15 is 0 Å². The minimum absolute atomic E-state index is 0.0115. The molecule has 10 nitrogen and oxygen atoms in total. The fourth-order valence-corrected chi connectivity index (χ4v) is 3.70. The highest BCUT2D eigenvalue weighted by molar-refractivity contribution is 6.05. The first-order chi connectivity index (χ1) is 17.0. The number of anilines is 1. The molecule has 0 heterocycles. The van der Waals surface area contributed by atoms with E-state index in [1.54, 1.807) is 44.2 Å². The number of hydrogen-bond acceptors (Lipinski definition) is 6. The molecule has 2 aromatic carbocycles. The standard InChI is InChI=1S/C26H30N2O8/c1-16(2)13-21(24(32)33)28(26(35)27-20-11-9-18(10-12-20)25(34)36-3)23(31)19(15-22(29)30)14-17-7-5-4-6-8-17/h4-12,16,19,21H,13-15H2,1-3H3,(H,27,35)(H,29,30)(H,32,33)/t19?,21-/m0/s1. The van der Waals surface area contributed by atoms with Crippen molar-refractivity contribution >= 4 is 35.5 Å². The molecule has 1 unspecified atom stereocenters. The molecule has 0 bridgehead atoms. The van der Waals surface area contributed by atoms with Crippen LogP contribution in [0.4, 0.5) is 10.5 Å². The Hall–Kier alpha value is -4.21. The fourth-order valence-electron chi connectivity index (χ4n) is 3.70. The highest BCUT2D eigenvalue weighted by Crippen LogP contribution is 2.22. The number of carboxylic acid groups (broad SMARTS) is 2. The average Bonchev–Trinajstić information content (AvgIpc) is 2.83. The van der Waals surface area contributed by atoms with Crippen molar-refractivity contribution in [2.45, 2.75) is 39.2 Å². The highest BCUT2D eigenvalue weighted by Gasteiger charge is 2.39. The topological polar surface area (TPSA) is 150 Å². The number of amides is 3. The van der Waals surface area contributed by atoms with Crippen LogP contribution in [-0.4, -0.2) is 58.1 Å². The zero-order valence-electron chi connectivity index (χ0n) is 20.3. The van der Waals surface area contributed by atoms with Crippen LogP contribution in [0.1, 0.15) is 42.6 Å². The van der Waals surface area contributed by atoms with Gasteiger partial charge in [-0.3, -0.25) is 9.59 Å². The lowest BCUT2D eigenvalue weighted by molar-refractivity contribution is -0.151. The molecule has 2 aromatic rings. The third-order valence-corrected chi connectivity index (χ3v) is 5.40. The lowest BCUT2D eigenvalue weighted by Crippen LogP contribution is -2.53. The first-order valence-corrected chi connectivity index (χ1v) is 11.3. The molecular weight excluding hydrogens is 468 g/mol. The number of urea groups is 1. The van der Waals surface area contributed by atoms with Gasteiger partial charge in [-0.2, -0.15) is 0 Å². The van der Waals surface area contributed by atoms with Gasteiger partial charge in [-0.05, 0) is 48.6 Å². The number of rotatable bonds is 11. The monoisotopic (exact) mass is 498 g/mol. The van der Waals surface area contributed by atoms with Gasteiger partial charge in [0.05, 0.1) is 25.0 Å². The first kappa shape index (κ1) is 28.0. The van der Waals surface area contributed by atoms with Gasteiger partial charge in [0, 0.05) is 5.69 Å². The predicted molar refractivity (Wildman–Crippen MR) is 130 cm³/mol. The van der Waals surface area contributed by atoms with Crippen molar-refractivity contribution in [2.24, 2.45) is 11.8 Å². The van der Waals surface area contributed by atoms with E-state index in [0.29, 0.717) is 10.5 Å². The van der Waals surface area contributed by atoms with Gasteiger partial charge in [-0.1, -0.05) is 44.2 Å². The molecule has 0 fully saturated rings. The summed E-state index contributed by atoms with van der Waals surface area (Å²) in [7, 11) is 1.23. The molecule has 36 heavy (non-hydrogen) atoms. The molecule has 3 amide bonds. The SMILES string of the molecule is COC(=O)c1ccc(NC(=O)N(C(=O)C(CC(=O)O)Cc2ccccc2)[C@@H](CC(C)C)C(=O)O)cc1. The van der Waals surface area contributed by atoms with E-state index in [2.05, 4.69) is 10.1 Å². The summed E-state index contributed by atoms with van der Waals surface area (Å²) in [6.07, 6.45) is -0.599. The average molecular weight is 499 g/mol. The molecule has 0 spiro atoms. The Balaban J connectivity index is 2.42. The normalized spacial score (nSPS) is 12.3. The lowest BCUT2D eigenvalue weighted by atomic mass is 9.93. The molecule has 0 saturated carbocycles. The van der Waals surface area contributed by atoms with E-state index in [4.69, 9.17) is 0 Å². The van der Waals surface area contributed by atoms with Crippen molar-refractivity contribution in [1.29, 1.82) is 0 Å². The Bertz CT molecular complexity index is 1080. The lowest BCUT2D eigenvalue weighted by Gasteiger charge is -2.31. The summed E-state index contributed by atoms with van der Waals surface area (Å²) in [4.78, 5) is 62.9. The maximum Gasteiger partial charge on any atom is 0.337 e. The second-order valence-electron chi connectivity index (χ2n) is 8.68. The number of nitrogens with zero attached hydrogens (tertiary/aromatic N) is 1. The summed E-state index contributed by atoms with van der Waals surface area (Å²) in [5.41, 5.74) is 1.11. The quantitative estimate of drug-likeness (QED) is 0.397. The molecule has 3 N–H and O–H groups in total. The number of methoxy groups -OCH3 is 1. The Morgan fingerprint density at radius 3 is 2.06 bits per heavy atom. The molecule has 0 aliphatic carbocycles. The van der Waals surface area contributed by atoms with Crippen LogP contribution in [0.3, 0.4) is 0 Å². The number of nitrogens with one attached hydrogen (secondary N) is 1. The summed E-state index contributed by atoms with van der Waals surface area (Å²) in [6.45, 7) is 3.50. The van der Waals surface area contributed by atoms with Gasteiger partial charge in [0.1, 0.15) is 6.04 Å². The van der Waals surface area contributed by atoms with E-state index in [1.807, 2.05) is 0 Å². The molecule has 0 radical (unpaired) electrons. The van der Waals surface area contributed by atoms with Crippen molar-refractivity contribution < 1.29 is 38.9 Å². The molecule has 2 rings (SSSR count). The zero-order valence-corrected chi connectivity index (χ0v) is 20.3. The second-order valence-corrected chi connectivity index (χ2v) is 8.68. The Morgan fingerprint density at radius 1 is 0.944 bits per heavy atom. The second kappa shape index (κ2) is 13.0. The van der Waals surface area contributed by atoms with Gasteiger partial charge in [0.25, 0.3) is 0 Å². The smallest absolute Gasteiger partial charge is 0.337 e. The molecule has 0 aromatic heterocycles. The van der Waals surface area contributed by atoms with E-state index in [9.17, 15) is 34.2 Å². The largest absolute Gasteiger partial charge is 0.481 e. The summed E-state index contributed by atoms with van der Waals surface area (Å²) in [5.74, 6) is -5.48. The minimum Gasteiger partial charge on any atom is -0.481 e. The van der Waals surface area contributed by atoms with E-state index in [0.717, 1.165) is 0 Å². The molecule has 10 heteroatoms. The Labute approximate surface area is 208 Å². The van der Waals surface area contributed by atoms with Crippen LogP contribution in [0.2, 0.25) is 0 Å². The Morgan fingerprint density at radius 2 is 1.56 bits per heavy atom. The van der Waals surface area contributed by atoms with Crippen molar-refractivity contribution in [3.63, 3.8) is 0 Å².